The Labute approximate surface area is 145 Å². The summed E-state index contributed by atoms with van der Waals surface area (Å²) in [4.78, 5) is 17.9. The summed E-state index contributed by atoms with van der Waals surface area (Å²) in [6.45, 7) is 3.50. The van der Waals surface area contributed by atoms with Crippen molar-refractivity contribution in [3.63, 3.8) is 0 Å². The summed E-state index contributed by atoms with van der Waals surface area (Å²) in [5, 5.41) is 0. The Bertz CT molecular complexity index is 830. The van der Waals surface area contributed by atoms with E-state index in [2.05, 4.69) is 19.8 Å². The molecule has 1 saturated heterocycles. The number of nitrogens with zero attached hydrogens (tertiary/aromatic N) is 5. The molecule has 3 aromatic rings. The molecule has 0 unspecified atom stereocenters. The number of rotatable bonds is 3. The molecule has 126 valence electrons. The normalized spacial score (nSPS) is 14.6. The summed E-state index contributed by atoms with van der Waals surface area (Å²) in [6, 6.07) is 12.3. The Hall–Kier alpha value is -3.02. The molecular formula is C19H18FN5. The van der Waals surface area contributed by atoms with Gasteiger partial charge in [0, 0.05) is 37.9 Å². The van der Waals surface area contributed by atoms with Crippen molar-refractivity contribution >= 4 is 11.6 Å². The van der Waals surface area contributed by atoms with E-state index < -0.39 is 0 Å². The molecule has 0 N–H and O–H groups in total. The molecule has 0 aliphatic carbocycles. The molecule has 0 atom stereocenters. The Morgan fingerprint density at radius 3 is 2.20 bits per heavy atom. The topological polar surface area (TPSA) is 45.2 Å². The predicted molar refractivity (Wildman–Crippen MR) is 96.1 cm³/mol. The van der Waals surface area contributed by atoms with Crippen molar-refractivity contribution in [3.8, 4) is 11.3 Å². The van der Waals surface area contributed by atoms with Gasteiger partial charge in [0.25, 0.3) is 0 Å². The molecule has 0 amide bonds. The van der Waals surface area contributed by atoms with Gasteiger partial charge in [0.05, 0.1) is 18.1 Å². The highest BCUT2D eigenvalue weighted by Gasteiger charge is 2.19. The molecular weight excluding hydrogens is 317 g/mol. The van der Waals surface area contributed by atoms with E-state index in [0.717, 1.165) is 49.1 Å². The van der Waals surface area contributed by atoms with Crippen LogP contribution in [0.3, 0.4) is 0 Å². The van der Waals surface area contributed by atoms with Crippen molar-refractivity contribution in [2.45, 2.75) is 0 Å². The van der Waals surface area contributed by atoms with Crippen LogP contribution in [0.2, 0.25) is 0 Å². The van der Waals surface area contributed by atoms with Gasteiger partial charge in [-0.3, -0.25) is 4.98 Å². The van der Waals surface area contributed by atoms with E-state index in [1.807, 2.05) is 24.4 Å². The van der Waals surface area contributed by atoms with Crippen molar-refractivity contribution in [2.75, 3.05) is 36.0 Å². The lowest BCUT2D eigenvalue weighted by atomic mass is 10.1. The lowest BCUT2D eigenvalue weighted by Crippen LogP contribution is -2.47. The third-order valence-electron chi connectivity index (χ3n) is 4.34. The quantitative estimate of drug-likeness (QED) is 0.736. The van der Waals surface area contributed by atoms with Gasteiger partial charge in [0.15, 0.2) is 0 Å². The van der Waals surface area contributed by atoms with Crippen LogP contribution in [0.15, 0.2) is 61.1 Å². The second-order valence-electron chi connectivity index (χ2n) is 5.93. The van der Waals surface area contributed by atoms with Gasteiger partial charge < -0.3 is 9.80 Å². The fraction of sp³-hybridized carbons (Fsp3) is 0.211. The van der Waals surface area contributed by atoms with Crippen LogP contribution in [0.1, 0.15) is 0 Å². The van der Waals surface area contributed by atoms with Crippen LogP contribution >= 0.6 is 0 Å². The van der Waals surface area contributed by atoms with Gasteiger partial charge in [0.2, 0.25) is 0 Å². The summed E-state index contributed by atoms with van der Waals surface area (Å²) >= 11 is 0. The SMILES string of the molecule is Fc1ccc(-c2cncc(N3CCN(c4ccccn4)CC3)n2)cc1. The van der Waals surface area contributed by atoms with Crippen molar-refractivity contribution in [1.29, 1.82) is 0 Å². The number of pyridine rings is 1. The number of anilines is 2. The molecule has 5 nitrogen and oxygen atoms in total. The van der Waals surface area contributed by atoms with Crippen LogP contribution < -0.4 is 9.80 Å². The van der Waals surface area contributed by atoms with E-state index in [0.29, 0.717) is 0 Å². The van der Waals surface area contributed by atoms with Crippen molar-refractivity contribution in [3.05, 3.63) is 66.9 Å². The molecule has 25 heavy (non-hydrogen) atoms. The summed E-state index contributed by atoms with van der Waals surface area (Å²) in [5.74, 6) is 1.61. The highest BCUT2D eigenvalue weighted by molar-refractivity contribution is 5.60. The molecule has 2 aromatic heterocycles. The number of halogens is 1. The first-order chi connectivity index (χ1) is 12.3. The van der Waals surface area contributed by atoms with Crippen LogP contribution in [0, 0.1) is 5.82 Å². The highest BCUT2D eigenvalue weighted by atomic mass is 19.1. The van der Waals surface area contributed by atoms with Gasteiger partial charge in [0.1, 0.15) is 17.5 Å². The third kappa shape index (κ3) is 3.42. The molecule has 0 radical (unpaired) electrons. The fourth-order valence-corrected chi connectivity index (χ4v) is 2.97. The average molecular weight is 335 g/mol. The van der Waals surface area contributed by atoms with Crippen LogP contribution in [0.5, 0.6) is 0 Å². The Morgan fingerprint density at radius 2 is 1.52 bits per heavy atom. The predicted octanol–water partition coefficient (Wildman–Crippen LogP) is 3.00. The number of hydrogen-bond acceptors (Lipinski definition) is 5. The van der Waals surface area contributed by atoms with E-state index >= 15 is 0 Å². The van der Waals surface area contributed by atoms with Gasteiger partial charge >= 0.3 is 0 Å². The zero-order chi connectivity index (χ0) is 17.1. The standard InChI is InChI=1S/C19H18FN5/c20-16-6-4-15(5-7-16)17-13-21-14-19(23-17)25-11-9-24(10-12-25)18-3-1-2-8-22-18/h1-8,13-14H,9-12H2. The maximum Gasteiger partial charge on any atom is 0.147 e. The van der Waals surface area contributed by atoms with Gasteiger partial charge in [-0.2, -0.15) is 0 Å². The number of benzene rings is 1. The molecule has 1 aromatic carbocycles. The molecule has 6 heteroatoms. The largest absolute Gasteiger partial charge is 0.353 e. The molecule has 1 aliphatic heterocycles. The highest BCUT2D eigenvalue weighted by Crippen LogP contribution is 2.21. The molecule has 1 aliphatic rings. The molecule has 4 rings (SSSR count). The van der Waals surface area contributed by atoms with E-state index in [9.17, 15) is 4.39 Å². The number of piperazine rings is 1. The second-order valence-corrected chi connectivity index (χ2v) is 5.93. The number of hydrogen-bond donors (Lipinski definition) is 0. The van der Waals surface area contributed by atoms with Crippen molar-refractivity contribution in [2.24, 2.45) is 0 Å². The summed E-state index contributed by atoms with van der Waals surface area (Å²) in [6.07, 6.45) is 5.31. The summed E-state index contributed by atoms with van der Waals surface area (Å²) < 4.78 is 13.1. The summed E-state index contributed by atoms with van der Waals surface area (Å²) in [7, 11) is 0. The Balaban J connectivity index is 1.48. The molecule has 0 bridgehead atoms. The van der Waals surface area contributed by atoms with Crippen LogP contribution in [0.4, 0.5) is 16.0 Å². The first-order valence-corrected chi connectivity index (χ1v) is 8.28. The lowest BCUT2D eigenvalue weighted by molar-refractivity contribution is 0.628. The molecule has 0 spiro atoms. The van der Waals surface area contributed by atoms with Crippen LogP contribution in [0.25, 0.3) is 11.3 Å². The minimum atomic E-state index is -0.251. The minimum Gasteiger partial charge on any atom is -0.353 e. The van der Waals surface area contributed by atoms with Crippen LogP contribution in [-0.2, 0) is 0 Å². The zero-order valence-corrected chi connectivity index (χ0v) is 13.7. The Morgan fingerprint density at radius 1 is 0.800 bits per heavy atom. The lowest BCUT2D eigenvalue weighted by Gasteiger charge is -2.35. The minimum absolute atomic E-state index is 0.251. The first-order valence-electron chi connectivity index (χ1n) is 8.28. The van der Waals surface area contributed by atoms with Gasteiger partial charge in [-0.1, -0.05) is 6.07 Å². The van der Waals surface area contributed by atoms with Gasteiger partial charge in [-0.25, -0.2) is 14.4 Å². The van der Waals surface area contributed by atoms with E-state index in [-0.39, 0.29) is 5.82 Å². The maximum atomic E-state index is 13.1. The zero-order valence-electron chi connectivity index (χ0n) is 13.7. The van der Waals surface area contributed by atoms with Gasteiger partial charge in [-0.05, 0) is 36.4 Å². The van der Waals surface area contributed by atoms with E-state index in [1.54, 1.807) is 24.5 Å². The van der Waals surface area contributed by atoms with Gasteiger partial charge in [-0.15, -0.1) is 0 Å². The van der Waals surface area contributed by atoms with E-state index in [4.69, 9.17) is 4.98 Å². The van der Waals surface area contributed by atoms with E-state index in [1.165, 1.54) is 12.1 Å². The molecule has 3 heterocycles. The Kier molecular flexibility index (Phi) is 4.24. The second kappa shape index (κ2) is 6.84. The monoisotopic (exact) mass is 335 g/mol. The summed E-state index contributed by atoms with van der Waals surface area (Å²) in [5.41, 5.74) is 1.62. The smallest absolute Gasteiger partial charge is 0.147 e. The first kappa shape index (κ1) is 15.5. The maximum absolute atomic E-state index is 13.1. The average Bonchev–Trinajstić information content (AvgIpc) is 2.69. The van der Waals surface area contributed by atoms with Crippen molar-refractivity contribution in [1.82, 2.24) is 15.0 Å². The molecule has 0 saturated carbocycles. The third-order valence-corrected chi connectivity index (χ3v) is 4.34. The van der Waals surface area contributed by atoms with Crippen molar-refractivity contribution < 1.29 is 4.39 Å². The molecule has 1 fully saturated rings. The van der Waals surface area contributed by atoms with Crippen LogP contribution in [-0.4, -0.2) is 41.1 Å². The number of aromatic nitrogens is 3. The fourth-order valence-electron chi connectivity index (χ4n) is 2.97.